The maximum Gasteiger partial charge on any atom is 0.228 e. The minimum Gasteiger partial charge on any atom is -0.211 e. The van der Waals surface area contributed by atoms with E-state index in [1.54, 1.807) is 4.31 Å². The van der Waals surface area contributed by atoms with Crippen LogP contribution < -0.4 is 0 Å². The van der Waals surface area contributed by atoms with Gasteiger partial charge in [0.15, 0.2) is 0 Å². The predicted octanol–water partition coefficient (Wildman–Crippen LogP) is 2.17. The predicted molar refractivity (Wildman–Crippen MR) is 61.3 cm³/mol. The Balaban J connectivity index is 2.17. The molecule has 2 fully saturated rings. The van der Waals surface area contributed by atoms with Gasteiger partial charge < -0.3 is 0 Å². The molecule has 1 aliphatic heterocycles. The summed E-state index contributed by atoms with van der Waals surface area (Å²) in [5, 5.41) is -0.268. The van der Waals surface area contributed by atoms with E-state index in [9.17, 15) is 8.42 Å². The minimum atomic E-state index is -3.19. The summed E-state index contributed by atoms with van der Waals surface area (Å²) in [6.45, 7) is 0.677. The van der Waals surface area contributed by atoms with Gasteiger partial charge >= 0.3 is 0 Å². The van der Waals surface area contributed by atoms with Crippen molar-refractivity contribution in [1.29, 1.82) is 0 Å². The molecule has 0 radical (unpaired) electrons. The third-order valence-corrected chi connectivity index (χ3v) is 5.96. The zero-order valence-corrected chi connectivity index (χ0v) is 10.4. The fourth-order valence-corrected chi connectivity index (χ4v) is 4.59. The fourth-order valence-electron chi connectivity index (χ4n) is 2.99. The van der Waals surface area contributed by atoms with Gasteiger partial charge in [-0.05, 0) is 31.6 Å². The second kappa shape index (κ2) is 4.60. The topological polar surface area (TPSA) is 37.4 Å². The van der Waals surface area contributed by atoms with Crippen LogP contribution in [0.5, 0.6) is 0 Å². The quantitative estimate of drug-likeness (QED) is 0.706. The van der Waals surface area contributed by atoms with Crippen molar-refractivity contribution in [3.63, 3.8) is 0 Å². The molecular formula is C10H18ClNO2S. The zero-order valence-electron chi connectivity index (χ0n) is 8.86. The normalized spacial score (nSPS) is 33.7. The lowest BCUT2D eigenvalue weighted by atomic mass is 9.79. The summed E-state index contributed by atoms with van der Waals surface area (Å²) in [4.78, 5) is 0. The first-order valence-electron chi connectivity index (χ1n) is 5.70. The first kappa shape index (κ1) is 11.7. The maximum absolute atomic E-state index is 11.8. The highest BCUT2D eigenvalue weighted by atomic mass is 35.5. The second-order valence-corrected chi connectivity index (χ2v) is 7.09. The Kier molecular flexibility index (Phi) is 3.58. The molecule has 0 amide bonds. The van der Waals surface area contributed by atoms with Crippen LogP contribution >= 0.6 is 11.6 Å². The average molecular weight is 252 g/mol. The van der Waals surface area contributed by atoms with E-state index in [1.165, 1.54) is 19.3 Å². The Bertz CT molecular complexity index is 315. The van der Waals surface area contributed by atoms with Gasteiger partial charge in [0.25, 0.3) is 0 Å². The lowest BCUT2D eigenvalue weighted by molar-refractivity contribution is 0.129. The number of hydrogen-bond donors (Lipinski definition) is 0. The molecule has 0 aromatic heterocycles. The van der Waals surface area contributed by atoms with Crippen LogP contribution in [0.4, 0.5) is 0 Å². The fraction of sp³-hybridized carbons (Fsp3) is 1.00. The summed E-state index contributed by atoms with van der Waals surface area (Å²) < 4.78 is 25.3. The number of hydrogen-bond acceptors (Lipinski definition) is 2. The number of sulfonamides is 1. The molecule has 1 saturated carbocycles. The van der Waals surface area contributed by atoms with E-state index in [-0.39, 0.29) is 11.3 Å². The van der Waals surface area contributed by atoms with Crippen molar-refractivity contribution in [3.8, 4) is 0 Å². The molecule has 0 N–H and O–H groups in total. The largest absolute Gasteiger partial charge is 0.228 e. The minimum absolute atomic E-state index is 0.247. The van der Waals surface area contributed by atoms with Crippen LogP contribution in [0.1, 0.15) is 38.5 Å². The zero-order chi connectivity index (χ0) is 10.9. The van der Waals surface area contributed by atoms with Gasteiger partial charge in [-0.25, -0.2) is 8.42 Å². The molecule has 0 bridgehead atoms. The van der Waals surface area contributed by atoms with Gasteiger partial charge in [0.2, 0.25) is 10.0 Å². The van der Waals surface area contributed by atoms with Crippen molar-refractivity contribution in [2.75, 3.05) is 11.8 Å². The van der Waals surface area contributed by atoms with Crippen LogP contribution in [-0.2, 0) is 10.0 Å². The van der Waals surface area contributed by atoms with Gasteiger partial charge in [0.1, 0.15) is 5.21 Å². The van der Waals surface area contributed by atoms with Gasteiger partial charge in [-0.3, -0.25) is 0 Å². The molecular weight excluding hydrogens is 234 g/mol. The van der Waals surface area contributed by atoms with E-state index in [4.69, 9.17) is 11.6 Å². The van der Waals surface area contributed by atoms with Crippen molar-refractivity contribution < 1.29 is 8.42 Å². The number of alkyl halides is 1. The molecule has 1 saturated heterocycles. The number of piperidine rings is 1. The molecule has 15 heavy (non-hydrogen) atoms. The monoisotopic (exact) mass is 251 g/mol. The third kappa shape index (κ3) is 2.32. The van der Waals surface area contributed by atoms with Crippen molar-refractivity contribution in [1.82, 2.24) is 4.31 Å². The second-order valence-electron chi connectivity index (χ2n) is 4.59. The van der Waals surface area contributed by atoms with Crippen molar-refractivity contribution >= 4 is 21.6 Å². The summed E-state index contributed by atoms with van der Waals surface area (Å²) in [5.41, 5.74) is 0. The molecule has 88 valence electrons. The van der Waals surface area contributed by atoms with Gasteiger partial charge in [-0.2, -0.15) is 4.31 Å². The summed E-state index contributed by atoms with van der Waals surface area (Å²) in [6, 6.07) is 0.247. The third-order valence-electron chi connectivity index (χ3n) is 3.69. The van der Waals surface area contributed by atoms with Crippen molar-refractivity contribution in [2.24, 2.45) is 5.92 Å². The van der Waals surface area contributed by atoms with Gasteiger partial charge in [-0.15, -0.1) is 11.6 Å². The Morgan fingerprint density at radius 1 is 1.13 bits per heavy atom. The SMILES string of the molecule is O=S(=O)(CCl)N1CCC[C@H]2CCCC[C@H]21. The molecule has 2 atom stereocenters. The highest BCUT2D eigenvalue weighted by molar-refractivity contribution is 7.90. The molecule has 3 nitrogen and oxygen atoms in total. The molecule has 0 aromatic carbocycles. The maximum atomic E-state index is 11.8. The Hall–Kier alpha value is 0.200. The average Bonchev–Trinajstić information content (AvgIpc) is 2.28. The van der Waals surface area contributed by atoms with E-state index in [2.05, 4.69) is 0 Å². The van der Waals surface area contributed by atoms with E-state index in [1.807, 2.05) is 0 Å². The van der Waals surface area contributed by atoms with Crippen LogP contribution in [0.25, 0.3) is 0 Å². The van der Waals surface area contributed by atoms with Gasteiger partial charge in [0, 0.05) is 12.6 Å². The number of halogens is 1. The molecule has 2 rings (SSSR count). The Morgan fingerprint density at radius 2 is 1.80 bits per heavy atom. The van der Waals surface area contributed by atoms with Gasteiger partial charge in [-0.1, -0.05) is 12.8 Å². The Labute approximate surface area is 96.8 Å². The summed E-state index contributed by atoms with van der Waals surface area (Å²) >= 11 is 5.53. The van der Waals surface area contributed by atoms with Crippen LogP contribution in [0.3, 0.4) is 0 Å². The highest BCUT2D eigenvalue weighted by Crippen LogP contribution is 2.36. The molecule has 0 unspecified atom stereocenters. The number of fused-ring (bicyclic) bond motifs is 1. The van der Waals surface area contributed by atoms with E-state index < -0.39 is 10.0 Å². The van der Waals surface area contributed by atoms with E-state index in [0.717, 1.165) is 19.3 Å². The lowest BCUT2D eigenvalue weighted by Gasteiger charge is -2.42. The van der Waals surface area contributed by atoms with Crippen LogP contribution in [0, 0.1) is 5.92 Å². The number of nitrogens with zero attached hydrogens (tertiary/aromatic N) is 1. The standard InChI is InChI=1S/C10H18ClNO2S/c11-8-15(13,14)12-7-3-5-9-4-1-2-6-10(9)12/h9-10H,1-8H2/t9-,10-/m1/s1. The smallest absolute Gasteiger partial charge is 0.211 e. The summed E-state index contributed by atoms with van der Waals surface area (Å²) in [5.74, 6) is 0.588. The molecule has 1 heterocycles. The first-order valence-corrected chi connectivity index (χ1v) is 7.85. The van der Waals surface area contributed by atoms with Crippen molar-refractivity contribution in [3.05, 3.63) is 0 Å². The van der Waals surface area contributed by atoms with Crippen molar-refractivity contribution in [2.45, 2.75) is 44.6 Å². The Morgan fingerprint density at radius 3 is 2.53 bits per heavy atom. The summed E-state index contributed by atoms with van der Waals surface area (Å²) in [6.07, 6.45) is 6.83. The first-order chi connectivity index (χ1) is 7.15. The lowest BCUT2D eigenvalue weighted by Crippen LogP contribution is -2.49. The molecule has 2 aliphatic rings. The van der Waals surface area contributed by atoms with Crippen LogP contribution in [0.15, 0.2) is 0 Å². The van der Waals surface area contributed by atoms with Crippen LogP contribution in [-0.4, -0.2) is 30.5 Å². The van der Waals surface area contributed by atoms with Crippen LogP contribution in [0.2, 0.25) is 0 Å². The van der Waals surface area contributed by atoms with Gasteiger partial charge in [0.05, 0.1) is 0 Å². The molecule has 0 aromatic rings. The van der Waals surface area contributed by atoms with E-state index in [0.29, 0.717) is 12.5 Å². The molecule has 1 aliphatic carbocycles. The van der Waals surface area contributed by atoms with E-state index >= 15 is 0 Å². The number of rotatable bonds is 2. The molecule has 5 heteroatoms. The summed E-state index contributed by atoms with van der Waals surface area (Å²) in [7, 11) is -3.19. The highest BCUT2D eigenvalue weighted by Gasteiger charge is 2.38. The molecule has 0 spiro atoms.